The molecule has 4 nitrogen and oxygen atoms in total. The molecule has 0 radical (unpaired) electrons. The van der Waals surface area contributed by atoms with E-state index in [1.54, 1.807) is 12.4 Å². The Morgan fingerprint density at radius 1 is 1.39 bits per heavy atom. The van der Waals surface area contributed by atoms with Crippen LogP contribution in [0.3, 0.4) is 0 Å². The van der Waals surface area contributed by atoms with E-state index in [1.807, 2.05) is 12.1 Å². The van der Waals surface area contributed by atoms with E-state index in [0.29, 0.717) is 6.54 Å². The van der Waals surface area contributed by atoms with Gasteiger partial charge in [-0.25, -0.2) is 0 Å². The molecule has 1 saturated carbocycles. The fraction of sp³-hybridized carbons (Fsp3) is 0.571. The fourth-order valence-electron chi connectivity index (χ4n) is 2.49. The molecule has 0 aliphatic heterocycles. The average Bonchev–Trinajstić information content (AvgIpc) is 2.40. The average molecular weight is 247 g/mol. The van der Waals surface area contributed by atoms with Crippen LogP contribution in [0.4, 0.5) is 0 Å². The minimum absolute atomic E-state index is 0.117. The minimum Gasteiger partial charge on any atom is -0.356 e. The third-order valence-corrected chi connectivity index (χ3v) is 3.55. The third kappa shape index (κ3) is 3.81. The van der Waals surface area contributed by atoms with Crippen LogP contribution in [0, 0.1) is 5.92 Å². The summed E-state index contributed by atoms with van der Waals surface area (Å²) in [5, 5.41) is 3.01. The molecular weight excluding hydrogens is 226 g/mol. The number of hydrogen-bond acceptors (Lipinski definition) is 3. The van der Waals surface area contributed by atoms with Crippen molar-refractivity contribution in [2.24, 2.45) is 11.7 Å². The molecule has 2 atom stereocenters. The zero-order valence-electron chi connectivity index (χ0n) is 10.6. The van der Waals surface area contributed by atoms with Gasteiger partial charge in [0.15, 0.2) is 0 Å². The van der Waals surface area contributed by atoms with Crippen LogP contribution in [0.15, 0.2) is 24.5 Å². The molecule has 98 valence electrons. The molecule has 2 rings (SSSR count). The Morgan fingerprint density at radius 3 is 2.89 bits per heavy atom. The number of nitrogens with one attached hydrogen (secondary N) is 1. The zero-order chi connectivity index (χ0) is 12.8. The van der Waals surface area contributed by atoms with Gasteiger partial charge < -0.3 is 11.1 Å². The van der Waals surface area contributed by atoms with Crippen molar-refractivity contribution in [2.75, 3.05) is 6.54 Å². The molecule has 1 aromatic rings. The van der Waals surface area contributed by atoms with Gasteiger partial charge in [-0.1, -0.05) is 6.42 Å². The SMILES string of the molecule is NC1CCCC(C(=O)NCCc2ccncc2)C1. The number of amides is 1. The van der Waals surface area contributed by atoms with E-state index in [-0.39, 0.29) is 17.9 Å². The molecule has 3 N–H and O–H groups in total. The highest BCUT2D eigenvalue weighted by molar-refractivity contribution is 5.78. The first-order valence-electron chi connectivity index (χ1n) is 6.68. The number of pyridine rings is 1. The first-order chi connectivity index (χ1) is 8.75. The third-order valence-electron chi connectivity index (χ3n) is 3.55. The number of carbonyl (C=O) groups excluding carboxylic acids is 1. The largest absolute Gasteiger partial charge is 0.356 e. The van der Waals surface area contributed by atoms with E-state index in [1.165, 1.54) is 5.56 Å². The molecular formula is C14H21N3O. The lowest BCUT2D eigenvalue weighted by Gasteiger charge is -2.25. The van der Waals surface area contributed by atoms with E-state index >= 15 is 0 Å². The summed E-state index contributed by atoms with van der Waals surface area (Å²) in [6, 6.07) is 4.15. The van der Waals surface area contributed by atoms with Gasteiger partial charge in [-0.05, 0) is 43.4 Å². The Labute approximate surface area is 108 Å². The lowest BCUT2D eigenvalue weighted by atomic mass is 9.85. The van der Waals surface area contributed by atoms with Crippen LogP contribution >= 0.6 is 0 Å². The Morgan fingerprint density at radius 2 is 2.17 bits per heavy atom. The van der Waals surface area contributed by atoms with E-state index in [2.05, 4.69) is 10.3 Å². The molecule has 0 bridgehead atoms. The molecule has 0 aromatic carbocycles. The standard InChI is InChI=1S/C14H21N3O/c15-13-3-1-2-12(10-13)14(18)17-9-6-11-4-7-16-8-5-11/h4-5,7-8,12-13H,1-3,6,9-10,15H2,(H,17,18). The summed E-state index contributed by atoms with van der Waals surface area (Å²) in [6.07, 6.45) is 8.35. The smallest absolute Gasteiger partial charge is 0.223 e. The Kier molecular flexibility index (Phi) is 4.70. The van der Waals surface area contributed by atoms with E-state index in [4.69, 9.17) is 5.73 Å². The van der Waals surface area contributed by atoms with Gasteiger partial charge in [-0.3, -0.25) is 9.78 Å². The van der Waals surface area contributed by atoms with Crippen molar-refractivity contribution in [1.82, 2.24) is 10.3 Å². The summed E-state index contributed by atoms with van der Waals surface area (Å²) in [5.74, 6) is 0.283. The lowest BCUT2D eigenvalue weighted by molar-refractivity contribution is -0.126. The Bertz CT molecular complexity index is 380. The molecule has 1 amide bonds. The molecule has 1 heterocycles. The highest BCUT2D eigenvalue weighted by Crippen LogP contribution is 2.22. The van der Waals surface area contributed by atoms with Crippen LogP contribution in [-0.2, 0) is 11.2 Å². The quantitative estimate of drug-likeness (QED) is 0.841. The maximum Gasteiger partial charge on any atom is 0.223 e. The number of rotatable bonds is 4. The second-order valence-electron chi connectivity index (χ2n) is 5.02. The molecule has 1 fully saturated rings. The summed E-state index contributed by atoms with van der Waals surface area (Å²) >= 11 is 0. The van der Waals surface area contributed by atoms with Gasteiger partial charge in [0, 0.05) is 30.9 Å². The van der Waals surface area contributed by atoms with Gasteiger partial charge in [-0.2, -0.15) is 0 Å². The number of nitrogens with two attached hydrogens (primary N) is 1. The van der Waals surface area contributed by atoms with Gasteiger partial charge in [0.05, 0.1) is 0 Å². The number of carbonyl (C=O) groups is 1. The minimum atomic E-state index is 0.117. The van der Waals surface area contributed by atoms with Crippen LogP contribution < -0.4 is 11.1 Å². The van der Waals surface area contributed by atoms with Crippen molar-refractivity contribution >= 4 is 5.91 Å². The summed E-state index contributed by atoms with van der Waals surface area (Å²) in [4.78, 5) is 15.9. The van der Waals surface area contributed by atoms with Gasteiger partial charge in [0.2, 0.25) is 5.91 Å². The molecule has 1 aliphatic rings. The monoisotopic (exact) mass is 247 g/mol. The fourth-order valence-corrected chi connectivity index (χ4v) is 2.49. The molecule has 0 saturated heterocycles. The van der Waals surface area contributed by atoms with Crippen molar-refractivity contribution in [3.63, 3.8) is 0 Å². The van der Waals surface area contributed by atoms with Crippen LogP contribution in [0.2, 0.25) is 0 Å². The molecule has 1 aliphatic carbocycles. The summed E-state index contributed by atoms with van der Waals surface area (Å²) in [7, 11) is 0. The van der Waals surface area contributed by atoms with E-state index in [0.717, 1.165) is 32.1 Å². The Hall–Kier alpha value is -1.42. The van der Waals surface area contributed by atoms with Crippen molar-refractivity contribution in [3.8, 4) is 0 Å². The van der Waals surface area contributed by atoms with Gasteiger partial charge in [0.25, 0.3) is 0 Å². The Balaban J connectivity index is 1.71. The van der Waals surface area contributed by atoms with E-state index < -0.39 is 0 Å². The lowest BCUT2D eigenvalue weighted by Crippen LogP contribution is -2.38. The summed E-state index contributed by atoms with van der Waals surface area (Å²) in [5.41, 5.74) is 7.10. The van der Waals surface area contributed by atoms with Gasteiger partial charge in [-0.15, -0.1) is 0 Å². The zero-order valence-corrected chi connectivity index (χ0v) is 10.6. The van der Waals surface area contributed by atoms with Gasteiger partial charge >= 0.3 is 0 Å². The molecule has 18 heavy (non-hydrogen) atoms. The second kappa shape index (κ2) is 6.50. The highest BCUT2D eigenvalue weighted by Gasteiger charge is 2.24. The van der Waals surface area contributed by atoms with Crippen LogP contribution in [0.5, 0.6) is 0 Å². The van der Waals surface area contributed by atoms with Crippen molar-refractivity contribution in [2.45, 2.75) is 38.1 Å². The summed E-state index contributed by atoms with van der Waals surface area (Å²) in [6.45, 7) is 0.689. The van der Waals surface area contributed by atoms with Crippen LogP contribution in [0.1, 0.15) is 31.2 Å². The predicted octanol–water partition coefficient (Wildman–Crippen LogP) is 1.26. The number of nitrogens with zero attached hydrogens (tertiary/aromatic N) is 1. The number of aromatic nitrogens is 1. The highest BCUT2D eigenvalue weighted by atomic mass is 16.1. The van der Waals surface area contributed by atoms with Crippen molar-refractivity contribution in [1.29, 1.82) is 0 Å². The molecule has 4 heteroatoms. The maximum absolute atomic E-state index is 12.0. The van der Waals surface area contributed by atoms with Crippen LogP contribution in [-0.4, -0.2) is 23.5 Å². The van der Waals surface area contributed by atoms with Gasteiger partial charge in [0.1, 0.15) is 0 Å². The molecule has 2 unspecified atom stereocenters. The van der Waals surface area contributed by atoms with Crippen LogP contribution in [0.25, 0.3) is 0 Å². The number of hydrogen-bond donors (Lipinski definition) is 2. The normalized spacial score (nSPS) is 23.6. The topological polar surface area (TPSA) is 68.0 Å². The van der Waals surface area contributed by atoms with E-state index in [9.17, 15) is 4.79 Å². The maximum atomic E-state index is 12.0. The first-order valence-corrected chi connectivity index (χ1v) is 6.68. The first kappa shape index (κ1) is 13.0. The predicted molar refractivity (Wildman–Crippen MR) is 70.9 cm³/mol. The molecule has 1 aromatic heterocycles. The second-order valence-corrected chi connectivity index (χ2v) is 5.02. The molecule has 0 spiro atoms. The van der Waals surface area contributed by atoms with Crippen molar-refractivity contribution < 1.29 is 4.79 Å². The van der Waals surface area contributed by atoms with Crippen molar-refractivity contribution in [3.05, 3.63) is 30.1 Å². The summed E-state index contributed by atoms with van der Waals surface area (Å²) < 4.78 is 0.